The Kier molecular flexibility index (Phi) is 4.56. The van der Waals surface area contributed by atoms with Crippen molar-refractivity contribution in [3.05, 3.63) is 29.5 Å². The van der Waals surface area contributed by atoms with E-state index in [1.54, 1.807) is 12.0 Å². The Morgan fingerprint density at radius 3 is 3.15 bits per heavy atom. The number of hydrogen-bond acceptors (Lipinski definition) is 4. The summed E-state index contributed by atoms with van der Waals surface area (Å²) in [4.78, 5) is 17.7. The number of ether oxygens (including phenoxy) is 1. The average Bonchev–Trinajstić information content (AvgIpc) is 3.29. The van der Waals surface area contributed by atoms with Crippen molar-refractivity contribution in [1.82, 2.24) is 15.2 Å². The summed E-state index contributed by atoms with van der Waals surface area (Å²) in [5, 5.41) is 13.8. The van der Waals surface area contributed by atoms with Gasteiger partial charge in [-0.1, -0.05) is 12.1 Å². The van der Waals surface area contributed by atoms with Crippen molar-refractivity contribution >= 4 is 16.8 Å². The van der Waals surface area contributed by atoms with Crippen molar-refractivity contribution in [1.29, 1.82) is 5.26 Å². The number of amides is 1. The lowest BCUT2D eigenvalue weighted by Gasteiger charge is -2.25. The SMILES string of the molecule is COc1cccc2c3c([nH]c12)CCC(NCC(=O)N1CCC[C@H]1C#N)C3. The van der Waals surface area contributed by atoms with Crippen molar-refractivity contribution < 1.29 is 9.53 Å². The standard InChI is InChI=1S/C20H24N4O2/c1-26-18-6-2-5-15-16-10-13(7-8-17(16)23-20(15)18)22-12-19(25)24-9-3-4-14(24)11-21/h2,5-6,13-14,22-23H,3-4,7-10,12H2,1H3/t13?,14-/m0/s1. The number of aryl methyl sites for hydroxylation is 1. The highest BCUT2D eigenvalue weighted by molar-refractivity contribution is 5.90. The molecular formula is C20H24N4O2. The molecule has 26 heavy (non-hydrogen) atoms. The van der Waals surface area contributed by atoms with Gasteiger partial charge in [-0.25, -0.2) is 0 Å². The van der Waals surface area contributed by atoms with Gasteiger partial charge in [-0.2, -0.15) is 5.26 Å². The molecule has 0 radical (unpaired) electrons. The third-order valence-corrected chi connectivity index (χ3v) is 5.67. The van der Waals surface area contributed by atoms with Gasteiger partial charge in [0.2, 0.25) is 5.91 Å². The van der Waals surface area contributed by atoms with Crippen molar-refractivity contribution in [3.63, 3.8) is 0 Å². The number of nitriles is 1. The second-order valence-electron chi connectivity index (χ2n) is 7.16. The van der Waals surface area contributed by atoms with E-state index in [4.69, 9.17) is 10.00 Å². The number of hydrogen-bond donors (Lipinski definition) is 2. The molecule has 2 atom stereocenters. The molecule has 0 spiro atoms. The zero-order valence-corrected chi connectivity index (χ0v) is 15.0. The molecule has 2 aliphatic rings. The summed E-state index contributed by atoms with van der Waals surface area (Å²) in [5.74, 6) is 0.911. The zero-order valence-electron chi connectivity index (χ0n) is 15.0. The largest absolute Gasteiger partial charge is 0.495 e. The molecule has 1 aromatic heterocycles. The summed E-state index contributed by atoms with van der Waals surface area (Å²) < 4.78 is 5.47. The van der Waals surface area contributed by atoms with Gasteiger partial charge in [0.25, 0.3) is 0 Å². The number of benzene rings is 1. The van der Waals surface area contributed by atoms with Crippen LogP contribution < -0.4 is 10.1 Å². The number of carbonyl (C=O) groups is 1. The van der Waals surface area contributed by atoms with Crippen molar-refractivity contribution in [2.45, 2.75) is 44.2 Å². The van der Waals surface area contributed by atoms with E-state index < -0.39 is 0 Å². The Hall–Kier alpha value is -2.52. The van der Waals surface area contributed by atoms with Crippen LogP contribution in [0.3, 0.4) is 0 Å². The fourth-order valence-electron chi connectivity index (χ4n) is 4.29. The van der Waals surface area contributed by atoms with Crippen LogP contribution in [0.1, 0.15) is 30.5 Å². The van der Waals surface area contributed by atoms with Gasteiger partial charge >= 0.3 is 0 Å². The van der Waals surface area contributed by atoms with Crippen LogP contribution in [0, 0.1) is 11.3 Å². The average molecular weight is 352 g/mol. The number of nitrogens with one attached hydrogen (secondary N) is 2. The van der Waals surface area contributed by atoms with Gasteiger partial charge in [-0.05, 0) is 43.7 Å². The third kappa shape index (κ3) is 2.93. The van der Waals surface area contributed by atoms with E-state index in [-0.39, 0.29) is 18.0 Å². The maximum absolute atomic E-state index is 12.4. The minimum atomic E-state index is -0.247. The first-order valence-electron chi connectivity index (χ1n) is 9.30. The maximum atomic E-state index is 12.4. The van der Waals surface area contributed by atoms with E-state index in [0.717, 1.165) is 43.4 Å². The van der Waals surface area contributed by atoms with Crippen molar-refractivity contribution in [2.24, 2.45) is 0 Å². The smallest absolute Gasteiger partial charge is 0.237 e. The first-order valence-corrected chi connectivity index (χ1v) is 9.30. The van der Waals surface area contributed by atoms with E-state index in [1.807, 2.05) is 12.1 Å². The molecule has 2 aromatic rings. The number of H-pyrrole nitrogens is 1. The molecular weight excluding hydrogens is 328 g/mol. The van der Waals surface area contributed by atoms with Crippen LogP contribution in [0.25, 0.3) is 10.9 Å². The van der Waals surface area contributed by atoms with Gasteiger partial charge in [-0.3, -0.25) is 4.79 Å². The first kappa shape index (κ1) is 16.9. The van der Waals surface area contributed by atoms with Gasteiger partial charge < -0.3 is 19.9 Å². The van der Waals surface area contributed by atoms with Crippen molar-refractivity contribution in [2.75, 3.05) is 20.2 Å². The van der Waals surface area contributed by atoms with Crippen LogP contribution in [-0.2, 0) is 17.6 Å². The second kappa shape index (κ2) is 7.00. The molecule has 136 valence electrons. The third-order valence-electron chi connectivity index (χ3n) is 5.67. The molecule has 1 unspecified atom stereocenters. The maximum Gasteiger partial charge on any atom is 0.237 e. The summed E-state index contributed by atoms with van der Waals surface area (Å²) in [6.07, 6.45) is 4.58. The molecule has 2 N–H and O–H groups in total. The highest BCUT2D eigenvalue weighted by Gasteiger charge is 2.29. The van der Waals surface area contributed by atoms with Gasteiger partial charge in [0.1, 0.15) is 11.8 Å². The molecule has 0 saturated carbocycles. The molecule has 1 fully saturated rings. The Morgan fingerprint density at radius 1 is 1.46 bits per heavy atom. The lowest BCUT2D eigenvalue weighted by atomic mass is 9.91. The fourth-order valence-corrected chi connectivity index (χ4v) is 4.29. The van der Waals surface area contributed by atoms with E-state index >= 15 is 0 Å². The summed E-state index contributed by atoms with van der Waals surface area (Å²) >= 11 is 0. The topological polar surface area (TPSA) is 81.2 Å². The Balaban J connectivity index is 1.44. The van der Waals surface area contributed by atoms with Gasteiger partial charge in [0, 0.05) is 23.7 Å². The molecule has 6 nitrogen and oxygen atoms in total. The van der Waals surface area contributed by atoms with Gasteiger partial charge in [-0.15, -0.1) is 0 Å². The minimum absolute atomic E-state index is 0.0421. The van der Waals surface area contributed by atoms with Crippen LogP contribution in [-0.4, -0.2) is 48.1 Å². The van der Waals surface area contributed by atoms with Crippen molar-refractivity contribution in [3.8, 4) is 11.8 Å². The number of nitrogens with zero attached hydrogens (tertiary/aromatic N) is 2. The highest BCUT2D eigenvalue weighted by atomic mass is 16.5. The predicted molar refractivity (Wildman–Crippen MR) is 99.0 cm³/mol. The van der Waals surface area contributed by atoms with E-state index in [0.29, 0.717) is 13.1 Å². The molecule has 1 aliphatic carbocycles. The van der Waals surface area contributed by atoms with E-state index in [9.17, 15) is 4.79 Å². The number of aromatic nitrogens is 1. The highest BCUT2D eigenvalue weighted by Crippen LogP contribution is 2.33. The van der Waals surface area contributed by atoms with E-state index in [2.05, 4.69) is 22.4 Å². The van der Waals surface area contributed by atoms with Gasteiger partial charge in [0.15, 0.2) is 0 Å². The van der Waals surface area contributed by atoms with Crippen LogP contribution in [0.5, 0.6) is 5.75 Å². The molecule has 1 aliphatic heterocycles. The van der Waals surface area contributed by atoms with Crippen LogP contribution in [0.4, 0.5) is 0 Å². The molecule has 1 aromatic carbocycles. The summed E-state index contributed by atoms with van der Waals surface area (Å²) in [6.45, 7) is 1.01. The number of fused-ring (bicyclic) bond motifs is 3. The van der Waals surface area contributed by atoms with Crippen LogP contribution >= 0.6 is 0 Å². The molecule has 6 heteroatoms. The lowest BCUT2D eigenvalue weighted by molar-refractivity contribution is -0.130. The molecule has 2 heterocycles. The summed E-state index contributed by atoms with van der Waals surface area (Å²) in [5.41, 5.74) is 3.66. The minimum Gasteiger partial charge on any atom is -0.495 e. The molecule has 1 saturated heterocycles. The molecule has 1 amide bonds. The van der Waals surface area contributed by atoms with Gasteiger partial charge in [0.05, 0.1) is 25.2 Å². The first-order chi connectivity index (χ1) is 12.7. The number of aromatic amines is 1. The predicted octanol–water partition coefficient (Wildman–Crippen LogP) is 2.14. The summed E-state index contributed by atoms with van der Waals surface area (Å²) in [6, 6.07) is 8.38. The van der Waals surface area contributed by atoms with E-state index in [1.165, 1.54) is 16.6 Å². The lowest BCUT2D eigenvalue weighted by Crippen LogP contribution is -2.44. The second-order valence-corrected chi connectivity index (χ2v) is 7.16. The zero-order chi connectivity index (χ0) is 18.1. The fraction of sp³-hybridized carbons (Fsp3) is 0.500. The Morgan fingerprint density at radius 2 is 2.35 bits per heavy atom. The number of para-hydroxylation sites is 1. The number of rotatable bonds is 4. The normalized spacial score (nSPS) is 22.2. The quantitative estimate of drug-likeness (QED) is 0.883. The molecule has 0 bridgehead atoms. The van der Waals surface area contributed by atoms with Crippen LogP contribution in [0.15, 0.2) is 18.2 Å². The van der Waals surface area contributed by atoms with Crippen LogP contribution in [0.2, 0.25) is 0 Å². The summed E-state index contributed by atoms with van der Waals surface area (Å²) in [7, 11) is 1.69. The Labute approximate surface area is 153 Å². The number of carbonyl (C=O) groups excluding carboxylic acids is 1. The molecule has 4 rings (SSSR count). The number of likely N-dealkylation sites (tertiary alicyclic amines) is 1. The monoisotopic (exact) mass is 352 g/mol. The number of methoxy groups -OCH3 is 1. The Bertz CT molecular complexity index is 867.